The van der Waals surface area contributed by atoms with E-state index in [0.717, 1.165) is 27.8 Å². The Kier molecular flexibility index (Phi) is 8.75. The standard InChI is InChI=1S/C30H29N3O5/c1-33(18-21-10-3-2-4-11-21)19-27(29(36)31-17-9-16-28(34)35)32-30(37)38-20-26-24-14-7-5-12-22(24)23-13-6-8-15-25(23)26/h2-8,10-15,26-27H,17-20H2,1H3,(H,31,36)(H,32,37)(H,34,35). The first-order valence-corrected chi connectivity index (χ1v) is 12.3. The minimum absolute atomic E-state index is 0.104. The maximum absolute atomic E-state index is 12.9. The molecular weight excluding hydrogens is 482 g/mol. The highest BCUT2D eigenvalue weighted by molar-refractivity contribution is 5.88. The van der Waals surface area contributed by atoms with Crippen LogP contribution >= 0.6 is 0 Å². The molecule has 3 aromatic rings. The van der Waals surface area contributed by atoms with Crippen molar-refractivity contribution in [3.05, 3.63) is 95.6 Å². The molecule has 0 saturated heterocycles. The average Bonchev–Trinajstić information content (AvgIpc) is 3.23. The number of hydrogen-bond donors (Lipinski definition) is 3. The lowest BCUT2D eigenvalue weighted by Crippen LogP contribution is -2.52. The van der Waals surface area contributed by atoms with Gasteiger partial charge in [0, 0.05) is 24.9 Å². The second kappa shape index (κ2) is 12.6. The summed E-state index contributed by atoms with van der Waals surface area (Å²) in [6, 6.07) is 24.9. The van der Waals surface area contributed by atoms with Gasteiger partial charge in [0.05, 0.1) is 6.54 Å². The predicted octanol–water partition coefficient (Wildman–Crippen LogP) is 3.23. The molecule has 0 fully saturated rings. The van der Waals surface area contributed by atoms with Crippen molar-refractivity contribution in [1.82, 2.24) is 15.5 Å². The summed E-state index contributed by atoms with van der Waals surface area (Å²) in [7, 11) is 1.84. The predicted molar refractivity (Wildman–Crippen MR) is 143 cm³/mol. The van der Waals surface area contributed by atoms with Gasteiger partial charge in [-0.05, 0) is 34.9 Å². The number of carboxylic acid groups (broad SMARTS) is 1. The van der Waals surface area contributed by atoms with Gasteiger partial charge in [0.25, 0.3) is 0 Å². The molecule has 0 bridgehead atoms. The molecule has 38 heavy (non-hydrogen) atoms. The lowest BCUT2D eigenvalue weighted by molar-refractivity contribution is -0.130. The van der Waals surface area contributed by atoms with Crippen LogP contribution in [0.4, 0.5) is 4.79 Å². The van der Waals surface area contributed by atoms with E-state index in [1.165, 1.54) is 0 Å². The number of carboxylic acids is 1. The summed E-state index contributed by atoms with van der Waals surface area (Å²) >= 11 is 0. The number of hydrogen-bond acceptors (Lipinski definition) is 5. The van der Waals surface area contributed by atoms with Gasteiger partial charge < -0.3 is 20.5 Å². The van der Waals surface area contributed by atoms with Gasteiger partial charge in [-0.3, -0.25) is 9.69 Å². The fourth-order valence-electron chi connectivity index (χ4n) is 4.62. The zero-order valence-electron chi connectivity index (χ0n) is 21.0. The van der Waals surface area contributed by atoms with Gasteiger partial charge in [0.15, 0.2) is 0 Å². The molecular formula is C30H29N3O5. The van der Waals surface area contributed by atoms with Gasteiger partial charge in [-0.1, -0.05) is 84.8 Å². The third kappa shape index (κ3) is 6.78. The molecule has 0 heterocycles. The Bertz CT molecular complexity index is 1320. The van der Waals surface area contributed by atoms with Crippen molar-refractivity contribution >= 4 is 18.0 Å². The van der Waals surface area contributed by atoms with E-state index in [-0.39, 0.29) is 25.6 Å². The van der Waals surface area contributed by atoms with Crippen LogP contribution in [0.1, 0.15) is 22.6 Å². The van der Waals surface area contributed by atoms with Gasteiger partial charge in [-0.25, -0.2) is 9.59 Å². The molecule has 194 valence electrons. The van der Waals surface area contributed by atoms with Crippen LogP contribution in [-0.2, 0) is 20.9 Å². The van der Waals surface area contributed by atoms with Gasteiger partial charge in [0.1, 0.15) is 12.6 Å². The highest BCUT2D eigenvalue weighted by Crippen LogP contribution is 2.44. The van der Waals surface area contributed by atoms with E-state index < -0.39 is 24.0 Å². The van der Waals surface area contributed by atoms with Gasteiger partial charge in [-0.15, -0.1) is 0 Å². The largest absolute Gasteiger partial charge is 0.472 e. The third-order valence-electron chi connectivity index (χ3n) is 6.29. The lowest BCUT2D eigenvalue weighted by atomic mass is 9.98. The van der Waals surface area contributed by atoms with Crippen molar-refractivity contribution in [2.45, 2.75) is 18.5 Å². The monoisotopic (exact) mass is 511 g/mol. The molecule has 1 aliphatic rings. The van der Waals surface area contributed by atoms with E-state index >= 15 is 0 Å². The first-order chi connectivity index (χ1) is 18.4. The first kappa shape index (κ1) is 26.5. The number of alkyl carbamates (subject to hydrolysis) is 1. The Hall–Kier alpha value is -4.61. The van der Waals surface area contributed by atoms with E-state index in [1.54, 1.807) is 0 Å². The van der Waals surface area contributed by atoms with Crippen molar-refractivity contribution in [3.63, 3.8) is 0 Å². The van der Waals surface area contributed by atoms with Crippen LogP contribution in [0.3, 0.4) is 0 Å². The number of carbonyl (C=O) groups is 3. The van der Waals surface area contributed by atoms with Crippen molar-refractivity contribution in [1.29, 1.82) is 0 Å². The van der Waals surface area contributed by atoms with Gasteiger partial charge in [0.2, 0.25) is 5.91 Å². The molecule has 8 heteroatoms. The van der Waals surface area contributed by atoms with Crippen molar-refractivity contribution in [2.75, 3.05) is 26.7 Å². The summed E-state index contributed by atoms with van der Waals surface area (Å²) in [5.41, 5.74) is 5.49. The van der Waals surface area contributed by atoms with Crippen LogP contribution in [0.2, 0.25) is 0 Å². The maximum atomic E-state index is 12.9. The van der Waals surface area contributed by atoms with Crippen LogP contribution in [0, 0.1) is 11.8 Å². The Morgan fingerprint density at radius 2 is 1.55 bits per heavy atom. The zero-order valence-corrected chi connectivity index (χ0v) is 21.0. The van der Waals surface area contributed by atoms with Crippen molar-refractivity contribution in [3.8, 4) is 23.0 Å². The molecule has 0 radical (unpaired) electrons. The molecule has 1 aliphatic carbocycles. The quantitative estimate of drug-likeness (QED) is 0.381. The van der Waals surface area contributed by atoms with Crippen LogP contribution in [0.25, 0.3) is 11.1 Å². The van der Waals surface area contributed by atoms with E-state index in [1.807, 2.05) is 84.6 Å². The van der Waals surface area contributed by atoms with Gasteiger partial charge in [-0.2, -0.15) is 0 Å². The van der Waals surface area contributed by atoms with Crippen LogP contribution < -0.4 is 10.6 Å². The number of aliphatic carboxylic acids is 1. The first-order valence-electron chi connectivity index (χ1n) is 12.3. The minimum atomic E-state index is -1.28. The highest BCUT2D eigenvalue weighted by atomic mass is 16.5. The number of carbonyl (C=O) groups excluding carboxylic acids is 2. The van der Waals surface area contributed by atoms with Crippen molar-refractivity contribution < 1.29 is 24.2 Å². The Labute approximate surface area is 221 Å². The number of ether oxygens (including phenoxy) is 1. The normalized spacial score (nSPS) is 12.5. The highest BCUT2D eigenvalue weighted by Gasteiger charge is 2.30. The number of amides is 2. The summed E-state index contributed by atoms with van der Waals surface area (Å²) < 4.78 is 5.62. The number of rotatable bonds is 9. The molecule has 1 unspecified atom stereocenters. The second-order valence-electron chi connectivity index (χ2n) is 9.03. The van der Waals surface area contributed by atoms with E-state index in [9.17, 15) is 14.4 Å². The number of fused-ring (bicyclic) bond motifs is 3. The average molecular weight is 512 g/mol. The molecule has 0 aromatic heterocycles. The SMILES string of the molecule is CN(Cc1ccccc1)CC(NC(=O)OCC1c2ccccc2-c2ccccc21)C(=O)NCC#CC(=O)O. The Balaban J connectivity index is 1.41. The fourth-order valence-corrected chi connectivity index (χ4v) is 4.62. The molecule has 1 atom stereocenters. The summed E-state index contributed by atoms with van der Waals surface area (Å²) in [4.78, 5) is 38.3. The molecule has 0 saturated carbocycles. The molecule has 0 aliphatic heterocycles. The lowest BCUT2D eigenvalue weighted by Gasteiger charge is -2.24. The smallest absolute Gasteiger partial charge is 0.407 e. The maximum Gasteiger partial charge on any atom is 0.407 e. The molecule has 4 rings (SSSR count). The topological polar surface area (TPSA) is 108 Å². The summed E-state index contributed by atoms with van der Waals surface area (Å²) in [5.74, 6) is 2.44. The van der Waals surface area contributed by atoms with E-state index in [0.29, 0.717) is 6.54 Å². The molecule has 3 aromatic carbocycles. The summed E-state index contributed by atoms with van der Waals surface area (Å²) in [6.45, 7) is 0.738. The van der Waals surface area contributed by atoms with E-state index in [2.05, 4.69) is 28.7 Å². The van der Waals surface area contributed by atoms with E-state index in [4.69, 9.17) is 9.84 Å². The number of likely N-dealkylation sites (N-methyl/N-ethyl adjacent to an activating group) is 1. The summed E-state index contributed by atoms with van der Waals surface area (Å²) in [6.07, 6.45) is -0.711. The van der Waals surface area contributed by atoms with Crippen LogP contribution in [0.15, 0.2) is 78.9 Å². The Morgan fingerprint density at radius 3 is 2.18 bits per heavy atom. The molecule has 0 spiro atoms. The fraction of sp³-hybridized carbons (Fsp3) is 0.233. The molecule has 3 N–H and O–H groups in total. The van der Waals surface area contributed by atoms with Crippen molar-refractivity contribution in [2.24, 2.45) is 0 Å². The number of nitrogens with zero attached hydrogens (tertiary/aromatic N) is 1. The van der Waals surface area contributed by atoms with Crippen LogP contribution in [-0.4, -0.2) is 60.8 Å². The third-order valence-corrected chi connectivity index (χ3v) is 6.29. The molecule has 8 nitrogen and oxygen atoms in total. The number of nitrogens with one attached hydrogen (secondary N) is 2. The molecule has 2 amide bonds. The zero-order chi connectivity index (χ0) is 26.9. The second-order valence-corrected chi connectivity index (χ2v) is 9.03. The summed E-state index contributed by atoms with van der Waals surface area (Å²) in [5, 5.41) is 13.9. The van der Waals surface area contributed by atoms with Crippen LogP contribution in [0.5, 0.6) is 0 Å². The number of benzene rings is 3. The van der Waals surface area contributed by atoms with Gasteiger partial charge >= 0.3 is 12.1 Å². The minimum Gasteiger partial charge on any atom is -0.472 e. The Morgan fingerprint density at radius 1 is 0.947 bits per heavy atom.